The molecule has 28 heavy (non-hydrogen) atoms. The summed E-state index contributed by atoms with van der Waals surface area (Å²) in [6.45, 7) is 3.46. The largest absolute Gasteiger partial charge is 0.354 e. The molecule has 144 valence electrons. The maximum Gasteiger partial charge on any atom is 0.257 e. The molecule has 3 heterocycles. The highest BCUT2D eigenvalue weighted by Crippen LogP contribution is 2.32. The van der Waals surface area contributed by atoms with Gasteiger partial charge >= 0.3 is 0 Å². The number of rotatable bonds is 3. The molecule has 0 bridgehead atoms. The van der Waals surface area contributed by atoms with Crippen LogP contribution in [-0.2, 0) is 0 Å². The van der Waals surface area contributed by atoms with Crippen LogP contribution in [0.15, 0.2) is 36.5 Å². The number of fused-ring (bicyclic) bond motifs is 1. The van der Waals surface area contributed by atoms with Crippen LogP contribution in [0.3, 0.4) is 0 Å². The Balaban J connectivity index is 1.81. The van der Waals surface area contributed by atoms with Crippen molar-refractivity contribution in [3.8, 4) is 0 Å². The van der Waals surface area contributed by atoms with Crippen LogP contribution >= 0.6 is 23.2 Å². The summed E-state index contributed by atoms with van der Waals surface area (Å²) in [7, 11) is 0. The van der Waals surface area contributed by atoms with Crippen molar-refractivity contribution in [2.24, 2.45) is 0 Å². The summed E-state index contributed by atoms with van der Waals surface area (Å²) in [5, 5.41) is 5.07. The van der Waals surface area contributed by atoms with Gasteiger partial charge in [0.15, 0.2) is 5.65 Å². The molecule has 1 aliphatic rings. The SMILES string of the molecule is Cc1ccc2c(Nc3ccc(Cl)c(Cl)c3)c(C(=O)N3CCCCC3)cnc2n1. The maximum absolute atomic E-state index is 13.2. The van der Waals surface area contributed by atoms with E-state index in [0.29, 0.717) is 26.9 Å². The number of hydrogen-bond donors (Lipinski definition) is 1. The molecule has 1 saturated heterocycles. The first-order valence-corrected chi connectivity index (χ1v) is 10.1. The number of halogens is 2. The smallest absolute Gasteiger partial charge is 0.257 e. The predicted octanol–water partition coefficient (Wildman–Crippen LogP) is 5.61. The zero-order valence-corrected chi connectivity index (χ0v) is 17.0. The van der Waals surface area contributed by atoms with E-state index in [1.54, 1.807) is 18.3 Å². The van der Waals surface area contributed by atoms with Crippen molar-refractivity contribution in [3.63, 3.8) is 0 Å². The number of aryl methyl sites for hydroxylation is 1. The molecular weight excluding hydrogens is 395 g/mol. The van der Waals surface area contributed by atoms with Gasteiger partial charge in [0.25, 0.3) is 5.91 Å². The van der Waals surface area contributed by atoms with Crippen LogP contribution in [0.25, 0.3) is 11.0 Å². The van der Waals surface area contributed by atoms with Gasteiger partial charge in [-0.05, 0) is 56.5 Å². The number of hydrogen-bond acceptors (Lipinski definition) is 4. The molecule has 4 rings (SSSR count). The fraction of sp³-hybridized carbons (Fsp3) is 0.286. The summed E-state index contributed by atoms with van der Waals surface area (Å²) in [4.78, 5) is 24.1. The summed E-state index contributed by atoms with van der Waals surface area (Å²) < 4.78 is 0. The van der Waals surface area contributed by atoms with Gasteiger partial charge in [0.1, 0.15) is 0 Å². The van der Waals surface area contributed by atoms with Gasteiger partial charge in [0.05, 0.1) is 21.3 Å². The van der Waals surface area contributed by atoms with E-state index in [4.69, 9.17) is 23.2 Å². The molecule has 1 amide bonds. The lowest BCUT2D eigenvalue weighted by Gasteiger charge is -2.27. The minimum Gasteiger partial charge on any atom is -0.354 e. The zero-order valence-electron chi connectivity index (χ0n) is 15.5. The van der Waals surface area contributed by atoms with Crippen LogP contribution in [0.4, 0.5) is 11.4 Å². The van der Waals surface area contributed by atoms with E-state index in [1.807, 2.05) is 30.0 Å². The van der Waals surface area contributed by atoms with Crippen molar-refractivity contribution < 1.29 is 4.79 Å². The molecule has 1 N–H and O–H groups in total. The standard InChI is InChI=1S/C21H20Cl2N4O/c1-13-5-7-15-19(26-14-6-8-17(22)18(23)11-14)16(12-24-20(15)25-13)21(28)27-9-3-2-4-10-27/h5-8,11-12H,2-4,9-10H2,1H3,(H,24,25,26). The van der Waals surface area contributed by atoms with E-state index in [0.717, 1.165) is 49.1 Å². The average molecular weight is 415 g/mol. The summed E-state index contributed by atoms with van der Waals surface area (Å²) in [6, 6.07) is 9.16. The number of anilines is 2. The van der Waals surface area contributed by atoms with E-state index in [-0.39, 0.29) is 5.91 Å². The van der Waals surface area contributed by atoms with Crippen LogP contribution in [0.1, 0.15) is 35.3 Å². The van der Waals surface area contributed by atoms with Crippen molar-refractivity contribution in [1.82, 2.24) is 14.9 Å². The number of benzene rings is 1. The van der Waals surface area contributed by atoms with E-state index in [9.17, 15) is 4.79 Å². The molecule has 0 saturated carbocycles. The van der Waals surface area contributed by atoms with Crippen molar-refractivity contribution in [2.45, 2.75) is 26.2 Å². The summed E-state index contributed by atoms with van der Waals surface area (Å²) >= 11 is 12.2. The Morgan fingerprint density at radius 1 is 1.07 bits per heavy atom. The quantitative estimate of drug-likeness (QED) is 0.604. The molecule has 0 atom stereocenters. The number of amides is 1. The topological polar surface area (TPSA) is 58.1 Å². The van der Waals surface area contributed by atoms with Crippen LogP contribution in [-0.4, -0.2) is 33.9 Å². The molecule has 0 unspecified atom stereocenters. The van der Waals surface area contributed by atoms with Gasteiger partial charge in [-0.3, -0.25) is 4.79 Å². The van der Waals surface area contributed by atoms with Crippen LogP contribution in [0.2, 0.25) is 10.0 Å². The monoisotopic (exact) mass is 414 g/mol. The average Bonchev–Trinajstić information content (AvgIpc) is 2.71. The summed E-state index contributed by atoms with van der Waals surface area (Å²) in [6.07, 6.45) is 4.84. The second-order valence-corrected chi connectivity index (χ2v) is 7.79. The number of nitrogens with one attached hydrogen (secondary N) is 1. The molecule has 7 heteroatoms. The second-order valence-electron chi connectivity index (χ2n) is 6.98. The van der Waals surface area contributed by atoms with Gasteiger partial charge in [-0.25, -0.2) is 9.97 Å². The highest BCUT2D eigenvalue weighted by molar-refractivity contribution is 6.42. The van der Waals surface area contributed by atoms with E-state index < -0.39 is 0 Å². The molecule has 0 aliphatic carbocycles. The molecule has 1 aromatic carbocycles. The zero-order chi connectivity index (χ0) is 19.7. The molecule has 2 aromatic heterocycles. The molecule has 3 aromatic rings. The lowest BCUT2D eigenvalue weighted by molar-refractivity contribution is 0.0725. The first-order valence-electron chi connectivity index (χ1n) is 9.30. The van der Waals surface area contributed by atoms with Gasteiger partial charge in [-0.15, -0.1) is 0 Å². The number of aromatic nitrogens is 2. The Bertz CT molecular complexity index is 1050. The Morgan fingerprint density at radius 3 is 2.61 bits per heavy atom. The molecule has 0 spiro atoms. The number of carbonyl (C=O) groups excluding carboxylic acids is 1. The van der Waals surface area contributed by atoms with E-state index in [2.05, 4.69) is 15.3 Å². The third kappa shape index (κ3) is 3.77. The normalized spacial score (nSPS) is 14.3. The first kappa shape index (κ1) is 19.0. The predicted molar refractivity (Wildman–Crippen MR) is 114 cm³/mol. The highest BCUT2D eigenvalue weighted by Gasteiger charge is 2.23. The minimum atomic E-state index is -0.0164. The van der Waals surface area contributed by atoms with Crippen LogP contribution in [0.5, 0.6) is 0 Å². The van der Waals surface area contributed by atoms with Gasteiger partial charge in [-0.1, -0.05) is 23.2 Å². The minimum absolute atomic E-state index is 0.0164. The molecule has 1 aliphatic heterocycles. The summed E-state index contributed by atoms with van der Waals surface area (Å²) in [5.41, 5.74) is 3.43. The van der Waals surface area contributed by atoms with Gasteiger partial charge < -0.3 is 10.2 Å². The first-order chi connectivity index (χ1) is 13.5. The third-order valence-electron chi connectivity index (χ3n) is 4.93. The molecule has 5 nitrogen and oxygen atoms in total. The number of likely N-dealkylation sites (tertiary alicyclic amines) is 1. The number of piperidine rings is 1. The van der Waals surface area contributed by atoms with Crippen LogP contribution in [0, 0.1) is 6.92 Å². The fourth-order valence-corrected chi connectivity index (χ4v) is 3.75. The Hall–Kier alpha value is -2.37. The summed E-state index contributed by atoms with van der Waals surface area (Å²) in [5.74, 6) is -0.0164. The van der Waals surface area contributed by atoms with Crippen molar-refractivity contribution >= 4 is 51.5 Å². The maximum atomic E-state index is 13.2. The number of pyridine rings is 2. The van der Waals surface area contributed by atoms with E-state index in [1.165, 1.54) is 0 Å². The Labute approximate surface area is 173 Å². The third-order valence-corrected chi connectivity index (χ3v) is 5.67. The Morgan fingerprint density at radius 2 is 1.86 bits per heavy atom. The number of nitrogens with zero attached hydrogens (tertiary/aromatic N) is 3. The lowest BCUT2D eigenvalue weighted by atomic mass is 10.1. The highest BCUT2D eigenvalue weighted by atomic mass is 35.5. The second kappa shape index (κ2) is 7.94. The van der Waals surface area contributed by atoms with Crippen molar-refractivity contribution in [1.29, 1.82) is 0 Å². The molecule has 1 fully saturated rings. The van der Waals surface area contributed by atoms with Gasteiger partial charge in [-0.2, -0.15) is 0 Å². The van der Waals surface area contributed by atoms with Crippen molar-refractivity contribution in [2.75, 3.05) is 18.4 Å². The van der Waals surface area contributed by atoms with Crippen molar-refractivity contribution in [3.05, 3.63) is 57.8 Å². The molecular formula is C21H20Cl2N4O. The lowest BCUT2D eigenvalue weighted by Crippen LogP contribution is -2.36. The van der Waals surface area contributed by atoms with Gasteiger partial charge in [0, 0.05) is 36.1 Å². The van der Waals surface area contributed by atoms with E-state index >= 15 is 0 Å². The number of carbonyl (C=O) groups is 1. The van der Waals surface area contributed by atoms with Crippen LogP contribution < -0.4 is 5.32 Å². The Kier molecular flexibility index (Phi) is 5.38. The van der Waals surface area contributed by atoms with Gasteiger partial charge in [0.2, 0.25) is 0 Å². The fourth-order valence-electron chi connectivity index (χ4n) is 3.45. The molecule has 0 radical (unpaired) electrons.